The molecule has 0 saturated heterocycles. The number of rotatable bonds is 3. The second-order valence-corrected chi connectivity index (χ2v) is 3.96. The van der Waals surface area contributed by atoms with Gasteiger partial charge in [0, 0.05) is 23.6 Å². The van der Waals surface area contributed by atoms with Gasteiger partial charge >= 0.3 is 5.69 Å². The Bertz CT molecular complexity index is 586. The summed E-state index contributed by atoms with van der Waals surface area (Å²) in [4.78, 5) is 14.2. The van der Waals surface area contributed by atoms with Gasteiger partial charge in [-0.05, 0) is 24.3 Å². The summed E-state index contributed by atoms with van der Waals surface area (Å²) >= 11 is 5.67. The van der Waals surface area contributed by atoms with Crippen LogP contribution in [-0.4, -0.2) is 9.91 Å². The number of benzene rings is 1. The Morgan fingerprint density at radius 1 is 1.33 bits per heavy atom. The molecule has 2 rings (SSSR count). The number of nitro groups is 1. The van der Waals surface area contributed by atoms with Gasteiger partial charge in [-0.25, -0.2) is 4.98 Å². The van der Waals surface area contributed by atoms with E-state index in [4.69, 9.17) is 17.3 Å². The molecule has 1 aromatic heterocycles. The van der Waals surface area contributed by atoms with Crippen LogP contribution in [0, 0.1) is 10.1 Å². The maximum atomic E-state index is 10.9. The summed E-state index contributed by atoms with van der Waals surface area (Å²) in [5, 5.41) is 13.9. The van der Waals surface area contributed by atoms with E-state index in [0.29, 0.717) is 11.4 Å². The third-order valence-electron chi connectivity index (χ3n) is 2.20. The molecule has 0 aliphatic rings. The number of hydrogen-bond acceptors (Lipinski definition) is 5. The lowest BCUT2D eigenvalue weighted by atomic mass is 10.3. The van der Waals surface area contributed by atoms with Crippen molar-refractivity contribution in [3.63, 3.8) is 0 Å². The number of hydrogen-bond donors (Lipinski definition) is 2. The standard InChI is InChI=1S/C11H9ClN4O2/c12-7-5-10(16(17)18)11(14-6-7)15-9-3-1-8(13)2-4-9/h1-6H,13H2,(H,14,15). The van der Waals surface area contributed by atoms with Crippen molar-refractivity contribution in [1.29, 1.82) is 0 Å². The Labute approximate surface area is 108 Å². The van der Waals surface area contributed by atoms with Gasteiger partial charge in [-0.3, -0.25) is 10.1 Å². The molecule has 7 heteroatoms. The largest absolute Gasteiger partial charge is 0.399 e. The van der Waals surface area contributed by atoms with E-state index in [1.807, 2.05) is 0 Å². The summed E-state index contributed by atoms with van der Waals surface area (Å²) in [5.74, 6) is 0.133. The SMILES string of the molecule is Nc1ccc(Nc2ncc(Cl)cc2[N+](=O)[O-])cc1. The predicted molar refractivity (Wildman–Crippen MR) is 70.0 cm³/mol. The number of pyridine rings is 1. The molecule has 0 atom stereocenters. The fraction of sp³-hybridized carbons (Fsp3) is 0. The van der Waals surface area contributed by atoms with Gasteiger partial charge < -0.3 is 11.1 Å². The molecule has 0 fully saturated rings. The lowest BCUT2D eigenvalue weighted by Crippen LogP contribution is -1.99. The minimum Gasteiger partial charge on any atom is -0.399 e. The molecule has 2 aromatic rings. The minimum atomic E-state index is -0.543. The average Bonchev–Trinajstić information content (AvgIpc) is 2.34. The van der Waals surface area contributed by atoms with Crippen molar-refractivity contribution in [3.05, 3.63) is 51.7 Å². The fourth-order valence-corrected chi connectivity index (χ4v) is 1.52. The van der Waals surface area contributed by atoms with Crippen molar-refractivity contribution in [2.45, 2.75) is 0 Å². The van der Waals surface area contributed by atoms with Crippen LogP contribution in [0.4, 0.5) is 22.9 Å². The van der Waals surface area contributed by atoms with Crippen LogP contribution in [0.2, 0.25) is 5.02 Å². The van der Waals surface area contributed by atoms with E-state index < -0.39 is 4.92 Å². The van der Waals surface area contributed by atoms with Gasteiger partial charge in [0.2, 0.25) is 5.82 Å². The molecule has 0 amide bonds. The molecular weight excluding hydrogens is 256 g/mol. The lowest BCUT2D eigenvalue weighted by Gasteiger charge is -2.06. The van der Waals surface area contributed by atoms with E-state index in [1.165, 1.54) is 12.3 Å². The van der Waals surface area contributed by atoms with Crippen LogP contribution in [0.3, 0.4) is 0 Å². The number of nitrogen functional groups attached to an aromatic ring is 1. The number of aromatic nitrogens is 1. The zero-order valence-electron chi connectivity index (χ0n) is 9.13. The first-order valence-electron chi connectivity index (χ1n) is 4.99. The zero-order chi connectivity index (χ0) is 13.1. The number of anilines is 3. The van der Waals surface area contributed by atoms with E-state index in [-0.39, 0.29) is 16.5 Å². The minimum absolute atomic E-state index is 0.133. The maximum Gasteiger partial charge on any atom is 0.313 e. The van der Waals surface area contributed by atoms with Gasteiger partial charge in [0.15, 0.2) is 0 Å². The van der Waals surface area contributed by atoms with Crippen LogP contribution >= 0.6 is 11.6 Å². The summed E-state index contributed by atoms with van der Waals surface area (Å²) < 4.78 is 0. The molecule has 3 N–H and O–H groups in total. The molecule has 1 aromatic carbocycles. The second kappa shape index (κ2) is 4.89. The van der Waals surface area contributed by atoms with Gasteiger partial charge in [0.1, 0.15) is 0 Å². The van der Waals surface area contributed by atoms with E-state index in [9.17, 15) is 10.1 Å². The zero-order valence-corrected chi connectivity index (χ0v) is 9.89. The van der Waals surface area contributed by atoms with Gasteiger partial charge in [0.25, 0.3) is 0 Å². The summed E-state index contributed by atoms with van der Waals surface area (Å²) in [6.07, 6.45) is 1.34. The Kier molecular flexibility index (Phi) is 3.29. The fourth-order valence-electron chi connectivity index (χ4n) is 1.37. The molecule has 0 radical (unpaired) electrons. The summed E-state index contributed by atoms with van der Waals surface area (Å²) in [6.45, 7) is 0. The highest BCUT2D eigenvalue weighted by atomic mass is 35.5. The second-order valence-electron chi connectivity index (χ2n) is 3.53. The molecule has 0 bridgehead atoms. The average molecular weight is 265 g/mol. The maximum absolute atomic E-state index is 10.9. The highest BCUT2D eigenvalue weighted by Gasteiger charge is 2.15. The van der Waals surface area contributed by atoms with Crippen molar-refractivity contribution in [2.75, 3.05) is 11.1 Å². The monoisotopic (exact) mass is 264 g/mol. The topological polar surface area (TPSA) is 94.1 Å². The first kappa shape index (κ1) is 12.1. The predicted octanol–water partition coefficient (Wildman–Crippen LogP) is 2.97. The summed E-state index contributed by atoms with van der Waals surface area (Å²) in [6, 6.07) is 8.02. The number of nitrogens with two attached hydrogens (primary N) is 1. The van der Waals surface area contributed by atoms with Gasteiger partial charge in [-0.15, -0.1) is 0 Å². The van der Waals surface area contributed by atoms with Gasteiger partial charge in [-0.1, -0.05) is 11.6 Å². The summed E-state index contributed by atoms with van der Waals surface area (Å²) in [5.41, 5.74) is 6.63. The van der Waals surface area contributed by atoms with Crippen LogP contribution in [0.1, 0.15) is 0 Å². The van der Waals surface area contributed by atoms with E-state index in [0.717, 1.165) is 0 Å². The highest BCUT2D eigenvalue weighted by Crippen LogP contribution is 2.27. The van der Waals surface area contributed by atoms with Crippen molar-refractivity contribution in [2.24, 2.45) is 0 Å². The highest BCUT2D eigenvalue weighted by molar-refractivity contribution is 6.30. The van der Waals surface area contributed by atoms with Crippen LogP contribution in [-0.2, 0) is 0 Å². The number of nitrogens with one attached hydrogen (secondary N) is 1. The van der Waals surface area contributed by atoms with Crippen molar-refractivity contribution >= 4 is 34.5 Å². The molecule has 0 aliphatic carbocycles. The van der Waals surface area contributed by atoms with Crippen molar-refractivity contribution in [3.8, 4) is 0 Å². The molecule has 18 heavy (non-hydrogen) atoms. The van der Waals surface area contributed by atoms with Crippen LogP contribution in [0.25, 0.3) is 0 Å². The normalized spacial score (nSPS) is 10.1. The molecule has 0 spiro atoms. The lowest BCUT2D eigenvalue weighted by molar-refractivity contribution is -0.384. The van der Waals surface area contributed by atoms with Crippen molar-refractivity contribution < 1.29 is 4.92 Å². The Balaban J connectivity index is 2.34. The first-order chi connectivity index (χ1) is 8.56. The van der Waals surface area contributed by atoms with Gasteiger partial charge in [0.05, 0.1) is 9.95 Å². The third-order valence-corrected chi connectivity index (χ3v) is 2.41. The quantitative estimate of drug-likeness (QED) is 0.505. The molecule has 1 heterocycles. The Hall–Kier alpha value is -2.34. The molecule has 0 unspecified atom stereocenters. The van der Waals surface area contributed by atoms with Crippen LogP contribution in [0.15, 0.2) is 36.5 Å². The molecule has 92 valence electrons. The third kappa shape index (κ3) is 2.67. The van der Waals surface area contributed by atoms with E-state index in [1.54, 1.807) is 24.3 Å². The molecule has 0 saturated carbocycles. The number of halogens is 1. The smallest absolute Gasteiger partial charge is 0.313 e. The first-order valence-corrected chi connectivity index (χ1v) is 5.36. The molecule has 0 aliphatic heterocycles. The Morgan fingerprint density at radius 3 is 2.61 bits per heavy atom. The van der Waals surface area contributed by atoms with Crippen molar-refractivity contribution in [1.82, 2.24) is 4.98 Å². The molecular formula is C11H9ClN4O2. The van der Waals surface area contributed by atoms with Crippen LogP contribution < -0.4 is 11.1 Å². The van der Waals surface area contributed by atoms with Gasteiger partial charge in [-0.2, -0.15) is 0 Å². The number of nitrogens with zero attached hydrogens (tertiary/aromatic N) is 2. The van der Waals surface area contributed by atoms with Crippen LogP contribution in [0.5, 0.6) is 0 Å². The van der Waals surface area contributed by atoms with E-state index in [2.05, 4.69) is 10.3 Å². The Morgan fingerprint density at radius 2 is 2.00 bits per heavy atom. The van der Waals surface area contributed by atoms with E-state index >= 15 is 0 Å². The summed E-state index contributed by atoms with van der Waals surface area (Å²) in [7, 11) is 0. The molecule has 6 nitrogen and oxygen atoms in total.